The van der Waals surface area contributed by atoms with Crippen LogP contribution in [-0.2, 0) is 9.47 Å². The lowest BCUT2D eigenvalue weighted by atomic mass is 10.2. The Kier molecular flexibility index (Phi) is 11.2. The molecule has 1 amide bonds. The molecular formula is C20H24Cl2N4O5. The van der Waals surface area contributed by atoms with E-state index < -0.39 is 5.97 Å². The van der Waals surface area contributed by atoms with Crippen molar-refractivity contribution in [2.45, 2.75) is 0 Å². The van der Waals surface area contributed by atoms with Crippen LogP contribution in [-0.4, -0.2) is 84.5 Å². The SMILES string of the molecule is C1COCCN1.O=C(O)c1ccc(Cl)nc1.O=C(c1ccc(Cl)nc1)N1CCOCC1. The van der Waals surface area contributed by atoms with Crippen molar-refractivity contribution in [2.24, 2.45) is 0 Å². The molecule has 0 spiro atoms. The molecule has 31 heavy (non-hydrogen) atoms. The number of carboxylic acids is 1. The van der Waals surface area contributed by atoms with Crippen LogP contribution >= 0.6 is 23.2 Å². The lowest BCUT2D eigenvalue weighted by molar-refractivity contribution is 0.0302. The minimum atomic E-state index is -0.996. The third-order valence-corrected chi connectivity index (χ3v) is 4.54. The summed E-state index contributed by atoms with van der Waals surface area (Å²) in [5.41, 5.74) is 0.714. The number of nitrogens with zero attached hydrogens (tertiary/aromatic N) is 3. The quantitative estimate of drug-likeness (QED) is 0.642. The number of pyridine rings is 2. The summed E-state index contributed by atoms with van der Waals surface area (Å²) in [5.74, 6) is -1.01. The normalized spacial score (nSPS) is 15.6. The van der Waals surface area contributed by atoms with Gasteiger partial charge in [0, 0.05) is 38.6 Å². The Labute approximate surface area is 190 Å². The summed E-state index contributed by atoms with van der Waals surface area (Å²) < 4.78 is 10.2. The highest BCUT2D eigenvalue weighted by atomic mass is 35.5. The van der Waals surface area contributed by atoms with Crippen LogP contribution in [0.1, 0.15) is 20.7 Å². The molecule has 168 valence electrons. The van der Waals surface area contributed by atoms with Crippen molar-refractivity contribution in [3.05, 3.63) is 58.1 Å². The molecule has 0 aromatic carbocycles. The number of morpholine rings is 2. The molecule has 11 heteroatoms. The number of hydrogen-bond donors (Lipinski definition) is 2. The molecule has 2 saturated heterocycles. The molecule has 4 heterocycles. The van der Waals surface area contributed by atoms with E-state index in [9.17, 15) is 9.59 Å². The third-order valence-electron chi connectivity index (χ3n) is 4.09. The second kappa shape index (κ2) is 13.9. The van der Waals surface area contributed by atoms with E-state index in [4.69, 9.17) is 37.8 Å². The zero-order chi connectivity index (χ0) is 22.5. The first kappa shape index (κ1) is 25.0. The zero-order valence-corrected chi connectivity index (χ0v) is 18.3. The third kappa shape index (κ3) is 9.58. The first-order valence-corrected chi connectivity index (χ1v) is 10.3. The average Bonchev–Trinajstić information content (AvgIpc) is 2.82. The topological polar surface area (TPSA) is 114 Å². The highest BCUT2D eigenvalue weighted by Gasteiger charge is 2.18. The summed E-state index contributed by atoms with van der Waals surface area (Å²) in [5, 5.41) is 12.2. The van der Waals surface area contributed by atoms with Crippen molar-refractivity contribution in [2.75, 3.05) is 52.6 Å². The van der Waals surface area contributed by atoms with Gasteiger partial charge in [0.1, 0.15) is 10.3 Å². The van der Waals surface area contributed by atoms with Gasteiger partial charge in [0.2, 0.25) is 0 Å². The highest BCUT2D eigenvalue weighted by Crippen LogP contribution is 2.09. The summed E-state index contributed by atoms with van der Waals surface area (Å²) >= 11 is 11.1. The first-order valence-electron chi connectivity index (χ1n) is 9.59. The van der Waals surface area contributed by atoms with E-state index in [1.165, 1.54) is 24.5 Å². The molecule has 2 N–H and O–H groups in total. The minimum absolute atomic E-state index is 0.0116. The molecule has 9 nitrogen and oxygen atoms in total. The van der Waals surface area contributed by atoms with Gasteiger partial charge >= 0.3 is 5.97 Å². The van der Waals surface area contributed by atoms with Crippen molar-refractivity contribution in [1.29, 1.82) is 0 Å². The van der Waals surface area contributed by atoms with E-state index in [1.807, 2.05) is 0 Å². The largest absolute Gasteiger partial charge is 0.478 e. The van der Waals surface area contributed by atoms with Gasteiger partial charge in [-0.2, -0.15) is 0 Å². The fourth-order valence-electron chi connectivity index (χ4n) is 2.47. The van der Waals surface area contributed by atoms with Crippen LogP contribution in [0.25, 0.3) is 0 Å². The van der Waals surface area contributed by atoms with Crippen molar-refractivity contribution in [3.63, 3.8) is 0 Å². The number of carbonyl (C=O) groups is 2. The van der Waals surface area contributed by atoms with Crippen LogP contribution in [0.3, 0.4) is 0 Å². The van der Waals surface area contributed by atoms with E-state index in [0.29, 0.717) is 42.2 Å². The van der Waals surface area contributed by atoms with Crippen molar-refractivity contribution >= 4 is 35.1 Å². The number of ether oxygens (including phenoxy) is 2. The summed E-state index contributed by atoms with van der Waals surface area (Å²) in [6.45, 7) is 6.32. The maximum Gasteiger partial charge on any atom is 0.337 e. The van der Waals surface area contributed by atoms with Gasteiger partial charge in [-0.3, -0.25) is 4.79 Å². The Bertz CT molecular complexity index is 800. The van der Waals surface area contributed by atoms with Gasteiger partial charge in [-0.1, -0.05) is 23.2 Å². The van der Waals surface area contributed by atoms with Crippen LogP contribution in [0, 0.1) is 0 Å². The van der Waals surface area contributed by atoms with Gasteiger partial charge in [0.15, 0.2) is 0 Å². The monoisotopic (exact) mass is 470 g/mol. The van der Waals surface area contributed by atoms with Crippen molar-refractivity contribution in [1.82, 2.24) is 20.2 Å². The maximum absolute atomic E-state index is 11.9. The average molecular weight is 471 g/mol. The van der Waals surface area contributed by atoms with E-state index in [-0.39, 0.29) is 11.5 Å². The van der Waals surface area contributed by atoms with Crippen LogP contribution in [0.4, 0.5) is 0 Å². The molecule has 0 unspecified atom stereocenters. The van der Waals surface area contributed by atoms with Gasteiger partial charge in [-0.05, 0) is 24.3 Å². The number of halogens is 2. The molecule has 0 saturated carbocycles. The second-order valence-electron chi connectivity index (χ2n) is 6.31. The molecule has 2 aromatic rings. The van der Waals surface area contributed by atoms with Gasteiger partial charge in [0.05, 0.1) is 37.6 Å². The highest BCUT2D eigenvalue weighted by molar-refractivity contribution is 6.29. The summed E-state index contributed by atoms with van der Waals surface area (Å²) in [6.07, 6.45) is 2.71. The fraction of sp³-hybridized carbons (Fsp3) is 0.400. The number of carbonyl (C=O) groups excluding carboxylic acids is 1. The number of nitrogens with one attached hydrogen (secondary N) is 1. The smallest absolute Gasteiger partial charge is 0.337 e. The standard InChI is InChI=1S/C10H11ClN2O2.C6H4ClNO2.C4H9NO/c11-9-2-1-8(7-12-9)10(14)13-3-5-15-6-4-13;7-5-2-1-4(3-8-5)6(9)10;1-3-6-4-2-5-1/h1-2,7H,3-6H2;1-3H,(H,9,10);5H,1-4H2. The molecule has 0 bridgehead atoms. The Morgan fingerprint density at radius 2 is 1.39 bits per heavy atom. The molecule has 2 aliphatic heterocycles. The summed E-state index contributed by atoms with van der Waals surface area (Å²) in [7, 11) is 0. The number of hydrogen-bond acceptors (Lipinski definition) is 7. The molecule has 2 aliphatic rings. The molecule has 0 aliphatic carbocycles. The maximum atomic E-state index is 11.9. The minimum Gasteiger partial charge on any atom is -0.478 e. The summed E-state index contributed by atoms with van der Waals surface area (Å²) in [4.78, 5) is 31.4. The van der Waals surface area contributed by atoms with Crippen molar-refractivity contribution < 1.29 is 24.2 Å². The Morgan fingerprint density at radius 1 is 0.871 bits per heavy atom. The zero-order valence-electron chi connectivity index (χ0n) is 16.8. The van der Waals surface area contributed by atoms with Gasteiger partial charge < -0.3 is 24.8 Å². The van der Waals surface area contributed by atoms with Gasteiger partial charge in [-0.25, -0.2) is 14.8 Å². The van der Waals surface area contributed by atoms with Crippen molar-refractivity contribution in [3.8, 4) is 0 Å². The first-order chi connectivity index (χ1) is 15.0. The van der Waals surface area contributed by atoms with E-state index in [2.05, 4.69) is 15.3 Å². The predicted octanol–water partition coefficient (Wildman–Crippen LogP) is 2.25. The molecule has 2 fully saturated rings. The van der Waals surface area contributed by atoms with E-state index in [1.54, 1.807) is 17.0 Å². The number of amides is 1. The summed E-state index contributed by atoms with van der Waals surface area (Å²) in [6, 6.07) is 6.14. The van der Waals surface area contributed by atoms with Gasteiger partial charge in [0.25, 0.3) is 5.91 Å². The number of carboxylic acid groups (broad SMARTS) is 1. The predicted molar refractivity (Wildman–Crippen MR) is 116 cm³/mol. The Balaban J connectivity index is 0.000000183. The van der Waals surface area contributed by atoms with E-state index in [0.717, 1.165) is 26.3 Å². The van der Waals surface area contributed by atoms with E-state index >= 15 is 0 Å². The number of rotatable bonds is 2. The molecule has 0 atom stereocenters. The molecule has 4 rings (SSSR count). The Morgan fingerprint density at radius 3 is 1.77 bits per heavy atom. The lowest BCUT2D eigenvalue weighted by Crippen LogP contribution is -2.40. The fourth-order valence-corrected chi connectivity index (χ4v) is 2.69. The van der Waals surface area contributed by atoms with Crippen LogP contribution in [0.15, 0.2) is 36.7 Å². The molecule has 0 radical (unpaired) electrons. The molecular weight excluding hydrogens is 447 g/mol. The van der Waals surface area contributed by atoms with Crippen LogP contribution in [0.2, 0.25) is 10.3 Å². The lowest BCUT2D eigenvalue weighted by Gasteiger charge is -2.26. The van der Waals surface area contributed by atoms with Crippen LogP contribution < -0.4 is 5.32 Å². The second-order valence-corrected chi connectivity index (χ2v) is 7.09. The van der Waals surface area contributed by atoms with Crippen LogP contribution in [0.5, 0.6) is 0 Å². The molecule has 2 aromatic heterocycles. The Hall–Kier alpha value is -2.30. The van der Waals surface area contributed by atoms with Gasteiger partial charge in [-0.15, -0.1) is 0 Å². The number of aromatic nitrogens is 2. The number of aromatic carboxylic acids is 1.